The number of aryl methyl sites for hydroxylation is 2. The van der Waals surface area contributed by atoms with Gasteiger partial charge in [0.15, 0.2) is 0 Å². The molecule has 1 aromatic carbocycles. The average molecular weight is 364 g/mol. The quantitative estimate of drug-likeness (QED) is 0.698. The molecule has 0 unspecified atom stereocenters. The molecule has 1 saturated heterocycles. The Morgan fingerprint density at radius 1 is 1.26 bits per heavy atom. The van der Waals surface area contributed by atoms with Gasteiger partial charge in [-0.25, -0.2) is 4.98 Å². The maximum absolute atomic E-state index is 12.6. The molecule has 1 atom stereocenters. The molecule has 6 heteroatoms. The van der Waals surface area contributed by atoms with Gasteiger partial charge in [-0.2, -0.15) is 0 Å². The molecule has 0 radical (unpaired) electrons. The Morgan fingerprint density at radius 3 is 2.81 bits per heavy atom. The Hall–Kier alpha value is -2.89. The van der Waals surface area contributed by atoms with E-state index in [1.165, 1.54) is 0 Å². The second kappa shape index (κ2) is 7.39. The van der Waals surface area contributed by atoms with Gasteiger partial charge in [-0.15, -0.1) is 0 Å². The van der Waals surface area contributed by atoms with Gasteiger partial charge in [0.05, 0.1) is 24.3 Å². The summed E-state index contributed by atoms with van der Waals surface area (Å²) in [5.41, 5.74) is 3.16. The average Bonchev–Trinajstić information content (AvgIpc) is 3.32. The van der Waals surface area contributed by atoms with Gasteiger partial charge in [-0.05, 0) is 36.6 Å². The molecule has 0 spiro atoms. The van der Waals surface area contributed by atoms with Gasteiger partial charge in [0.2, 0.25) is 5.91 Å². The van der Waals surface area contributed by atoms with E-state index in [9.17, 15) is 4.79 Å². The smallest absolute Gasteiger partial charge is 0.222 e. The fourth-order valence-corrected chi connectivity index (χ4v) is 3.82. The van der Waals surface area contributed by atoms with Crippen molar-refractivity contribution in [2.45, 2.75) is 25.2 Å². The van der Waals surface area contributed by atoms with E-state index in [4.69, 9.17) is 9.72 Å². The van der Waals surface area contributed by atoms with Crippen molar-refractivity contribution in [1.29, 1.82) is 0 Å². The molecule has 4 rings (SSSR count). The van der Waals surface area contributed by atoms with Crippen LogP contribution in [0.5, 0.6) is 5.75 Å². The summed E-state index contributed by atoms with van der Waals surface area (Å²) in [7, 11) is 3.68. The van der Waals surface area contributed by atoms with Gasteiger partial charge < -0.3 is 14.2 Å². The molecule has 0 saturated carbocycles. The monoisotopic (exact) mass is 364 g/mol. The number of nitrogens with zero attached hydrogens (tertiary/aromatic N) is 4. The van der Waals surface area contributed by atoms with E-state index >= 15 is 0 Å². The molecule has 1 fully saturated rings. The Balaban J connectivity index is 1.38. The molecule has 1 amide bonds. The van der Waals surface area contributed by atoms with Crippen LogP contribution in [0.15, 0.2) is 42.7 Å². The normalized spacial score (nSPS) is 16.8. The van der Waals surface area contributed by atoms with E-state index in [2.05, 4.69) is 9.55 Å². The van der Waals surface area contributed by atoms with Crippen LogP contribution in [0.1, 0.15) is 30.1 Å². The van der Waals surface area contributed by atoms with Gasteiger partial charge in [0.25, 0.3) is 0 Å². The third-order valence-corrected chi connectivity index (χ3v) is 5.41. The van der Waals surface area contributed by atoms with Gasteiger partial charge in [-0.1, -0.05) is 12.1 Å². The Morgan fingerprint density at radius 2 is 2.07 bits per heavy atom. The molecule has 0 bridgehead atoms. The number of hydrogen-bond donors (Lipinski definition) is 0. The highest BCUT2D eigenvalue weighted by atomic mass is 16.5. The predicted molar refractivity (Wildman–Crippen MR) is 104 cm³/mol. The summed E-state index contributed by atoms with van der Waals surface area (Å²) in [6, 6.07) is 9.85. The lowest BCUT2D eigenvalue weighted by molar-refractivity contribution is -0.130. The van der Waals surface area contributed by atoms with Crippen molar-refractivity contribution in [2.75, 3.05) is 20.2 Å². The lowest BCUT2D eigenvalue weighted by atomic mass is 10.1. The molecule has 1 aliphatic rings. The maximum Gasteiger partial charge on any atom is 0.222 e. The summed E-state index contributed by atoms with van der Waals surface area (Å²) in [5, 5.41) is 0. The predicted octanol–water partition coefficient (Wildman–Crippen LogP) is 2.93. The fraction of sp³-hybridized carbons (Fsp3) is 0.381. The number of imidazole rings is 1. The third kappa shape index (κ3) is 3.52. The number of benzene rings is 1. The SMILES string of the molecule is COc1ccc(CCC(=O)N2CC[C@@H](c3nc4ccncc4n3C)C2)cc1. The van der Waals surface area contributed by atoms with Crippen LogP contribution in [0.4, 0.5) is 0 Å². The van der Waals surface area contributed by atoms with Crippen LogP contribution in [0.3, 0.4) is 0 Å². The lowest BCUT2D eigenvalue weighted by Crippen LogP contribution is -2.28. The van der Waals surface area contributed by atoms with Crippen LogP contribution in [0.25, 0.3) is 11.0 Å². The summed E-state index contributed by atoms with van der Waals surface area (Å²) in [4.78, 5) is 23.6. The number of carbonyl (C=O) groups is 1. The molecule has 3 aromatic rings. The largest absolute Gasteiger partial charge is 0.497 e. The molecule has 27 heavy (non-hydrogen) atoms. The summed E-state index contributed by atoms with van der Waals surface area (Å²) in [6.45, 7) is 1.54. The van der Waals surface area contributed by atoms with E-state index in [1.807, 2.05) is 48.5 Å². The first kappa shape index (κ1) is 17.5. The molecule has 140 valence electrons. The van der Waals surface area contributed by atoms with E-state index in [0.717, 1.165) is 54.1 Å². The number of methoxy groups -OCH3 is 1. The molecule has 0 N–H and O–H groups in total. The molecule has 0 aliphatic carbocycles. The maximum atomic E-state index is 12.6. The van der Waals surface area contributed by atoms with Crippen LogP contribution in [0, 0.1) is 0 Å². The van der Waals surface area contributed by atoms with Crippen molar-refractivity contribution in [1.82, 2.24) is 19.4 Å². The highest BCUT2D eigenvalue weighted by Gasteiger charge is 2.30. The Bertz CT molecular complexity index is 948. The van der Waals surface area contributed by atoms with Crippen LogP contribution in [0.2, 0.25) is 0 Å². The standard InChI is InChI=1S/C21H24N4O2/c1-24-19-13-22-11-9-18(19)23-21(24)16-10-12-25(14-16)20(26)8-5-15-3-6-17(27-2)7-4-15/h3-4,6-7,9,11,13,16H,5,8,10,12,14H2,1-2H3/t16-/m1/s1. The highest BCUT2D eigenvalue weighted by molar-refractivity contribution is 5.77. The summed E-state index contributed by atoms with van der Waals surface area (Å²) in [5.74, 6) is 2.38. The van der Waals surface area contributed by atoms with E-state index in [-0.39, 0.29) is 11.8 Å². The zero-order chi connectivity index (χ0) is 18.8. The van der Waals surface area contributed by atoms with Crippen LogP contribution in [-0.4, -0.2) is 45.5 Å². The highest BCUT2D eigenvalue weighted by Crippen LogP contribution is 2.29. The molecule has 2 aromatic heterocycles. The Kier molecular flexibility index (Phi) is 4.79. The van der Waals surface area contributed by atoms with Crippen LogP contribution < -0.4 is 4.74 Å². The first-order valence-electron chi connectivity index (χ1n) is 9.32. The fourth-order valence-electron chi connectivity index (χ4n) is 3.82. The van der Waals surface area contributed by atoms with Crippen LogP contribution in [-0.2, 0) is 18.3 Å². The third-order valence-electron chi connectivity index (χ3n) is 5.41. The van der Waals surface area contributed by atoms with E-state index in [1.54, 1.807) is 13.3 Å². The minimum absolute atomic E-state index is 0.216. The number of amides is 1. The molecular weight excluding hydrogens is 340 g/mol. The zero-order valence-corrected chi connectivity index (χ0v) is 15.8. The number of rotatable bonds is 5. The van der Waals surface area contributed by atoms with Crippen molar-refractivity contribution < 1.29 is 9.53 Å². The minimum Gasteiger partial charge on any atom is -0.497 e. The van der Waals surface area contributed by atoms with Gasteiger partial charge in [-0.3, -0.25) is 9.78 Å². The van der Waals surface area contributed by atoms with Crippen molar-refractivity contribution in [3.05, 3.63) is 54.1 Å². The van der Waals surface area contributed by atoms with E-state index in [0.29, 0.717) is 6.42 Å². The second-order valence-electron chi connectivity index (χ2n) is 7.07. The van der Waals surface area contributed by atoms with Crippen molar-refractivity contribution in [3.63, 3.8) is 0 Å². The van der Waals surface area contributed by atoms with Gasteiger partial charge >= 0.3 is 0 Å². The molecule has 6 nitrogen and oxygen atoms in total. The summed E-state index contributed by atoms with van der Waals surface area (Å²) in [6.07, 6.45) is 5.85. The number of likely N-dealkylation sites (tertiary alicyclic amines) is 1. The number of fused-ring (bicyclic) bond motifs is 1. The number of hydrogen-bond acceptors (Lipinski definition) is 4. The summed E-state index contributed by atoms with van der Waals surface area (Å²) >= 11 is 0. The van der Waals surface area contributed by atoms with Crippen molar-refractivity contribution >= 4 is 16.9 Å². The van der Waals surface area contributed by atoms with Crippen molar-refractivity contribution in [2.24, 2.45) is 7.05 Å². The minimum atomic E-state index is 0.216. The lowest BCUT2D eigenvalue weighted by Gasteiger charge is -2.16. The number of ether oxygens (including phenoxy) is 1. The Labute approximate surface area is 158 Å². The van der Waals surface area contributed by atoms with Crippen LogP contribution >= 0.6 is 0 Å². The summed E-state index contributed by atoms with van der Waals surface area (Å²) < 4.78 is 7.28. The van der Waals surface area contributed by atoms with E-state index < -0.39 is 0 Å². The molecule has 3 heterocycles. The van der Waals surface area contributed by atoms with Crippen molar-refractivity contribution in [3.8, 4) is 5.75 Å². The molecular formula is C21H24N4O2. The first-order chi connectivity index (χ1) is 13.2. The van der Waals surface area contributed by atoms with Gasteiger partial charge in [0, 0.05) is 38.7 Å². The van der Waals surface area contributed by atoms with Gasteiger partial charge in [0.1, 0.15) is 11.6 Å². The zero-order valence-electron chi connectivity index (χ0n) is 15.8. The second-order valence-corrected chi connectivity index (χ2v) is 7.07. The molecule has 1 aliphatic heterocycles. The first-order valence-corrected chi connectivity index (χ1v) is 9.32. The number of aromatic nitrogens is 3. The number of carbonyl (C=O) groups excluding carboxylic acids is 1. The topological polar surface area (TPSA) is 60.2 Å². The number of pyridine rings is 1.